The molecule has 0 radical (unpaired) electrons. The van der Waals surface area contributed by atoms with E-state index < -0.39 is 0 Å². The van der Waals surface area contributed by atoms with E-state index in [-0.39, 0.29) is 0 Å². The van der Waals surface area contributed by atoms with Crippen molar-refractivity contribution in [3.63, 3.8) is 0 Å². The van der Waals surface area contributed by atoms with Gasteiger partial charge in [-0.25, -0.2) is 0 Å². The third-order valence-corrected chi connectivity index (χ3v) is 9.64. The lowest BCUT2D eigenvalue weighted by Gasteiger charge is -2.15. The van der Waals surface area contributed by atoms with Crippen molar-refractivity contribution >= 4 is 43.6 Å². The summed E-state index contributed by atoms with van der Waals surface area (Å²) in [6.07, 6.45) is 0. The maximum atomic E-state index is 9.95. The second-order valence-electron chi connectivity index (χ2n) is 12.3. The third-order valence-electron chi connectivity index (χ3n) is 9.64. The van der Waals surface area contributed by atoms with E-state index in [0.717, 1.165) is 77.2 Å². The van der Waals surface area contributed by atoms with Gasteiger partial charge in [-0.05, 0) is 89.5 Å². The van der Waals surface area contributed by atoms with Crippen molar-refractivity contribution in [3.05, 3.63) is 168 Å². The van der Waals surface area contributed by atoms with E-state index in [1.807, 2.05) is 78.9 Å². The standard InChI is InChI=1S/C45H25N5/c46-26-29-12-22-42(50-41-10-4-2-8-37(41)45-34(28-48)6-5-11-44(45)50)38(24-29)33-16-14-31(15-17-33)32-18-20-35(21-19-32)49-40-9-3-1-7-36(40)39-25-30(27-47)13-23-43(39)49/h1-25H. The van der Waals surface area contributed by atoms with Crippen molar-refractivity contribution in [1.82, 2.24) is 9.13 Å². The van der Waals surface area contributed by atoms with Gasteiger partial charge >= 0.3 is 0 Å². The molecule has 0 aliphatic rings. The Labute approximate surface area is 287 Å². The molecule has 7 aromatic carbocycles. The van der Waals surface area contributed by atoms with Crippen molar-refractivity contribution in [2.75, 3.05) is 0 Å². The lowest BCUT2D eigenvalue weighted by atomic mass is 9.97. The molecule has 0 saturated carbocycles. The van der Waals surface area contributed by atoms with Crippen LogP contribution in [0.1, 0.15) is 16.7 Å². The van der Waals surface area contributed by atoms with Crippen LogP contribution in [0, 0.1) is 34.0 Å². The van der Waals surface area contributed by atoms with Crippen LogP contribution < -0.4 is 0 Å². The van der Waals surface area contributed by atoms with Crippen LogP contribution in [0.2, 0.25) is 0 Å². The van der Waals surface area contributed by atoms with E-state index in [1.54, 1.807) is 0 Å². The monoisotopic (exact) mass is 635 g/mol. The maximum absolute atomic E-state index is 9.95. The van der Waals surface area contributed by atoms with Gasteiger partial charge in [0, 0.05) is 32.8 Å². The molecule has 0 aliphatic heterocycles. The fraction of sp³-hybridized carbons (Fsp3) is 0. The molecular weight excluding hydrogens is 611 g/mol. The van der Waals surface area contributed by atoms with Gasteiger partial charge in [0.05, 0.1) is 62.7 Å². The Morgan fingerprint density at radius 2 is 0.980 bits per heavy atom. The predicted molar refractivity (Wildman–Crippen MR) is 200 cm³/mol. The Kier molecular flexibility index (Phi) is 6.56. The number of aromatic nitrogens is 2. The fourth-order valence-corrected chi connectivity index (χ4v) is 7.37. The zero-order chi connectivity index (χ0) is 33.8. The molecular formula is C45H25N5. The smallest absolute Gasteiger partial charge is 0.0998 e. The molecule has 5 nitrogen and oxygen atoms in total. The number of nitriles is 3. The molecule has 5 heteroatoms. The molecule has 0 aliphatic carbocycles. The summed E-state index contributed by atoms with van der Waals surface area (Å²) < 4.78 is 4.45. The predicted octanol–water partition coefficient (Wildman–Crippen LogP) is 10.8. The summed E-state index contributed by atoms with van der Waals surface area (Å²) in [5, 5.41) is 33.4. The van der Waals surface area contributed by atoms with Crippen molar-refractivity contribution < 1.29 is 0 Å². The Hall–Kier alpha value is -7.39. The second kappa shape index (κ2) is 11.4. The molecule has 0 spiro atoms. The van der Waals surface area contributed by atoms with E-state index in [4.69, 9.17) is 0 Å². The van der Waals surface area contributed by atoms with Crippen LogP contribution in [-0.4, -0.2) is 9.13 Å². The minimum atomic E-state index is 0.579. The zero-order valence-electron chi connectivity index (χ0n) is 26.7. The normalized spacial score (nSPS) is 11.1. The highest BCUT2D eigenvalue weighted by molar-refractivity contribution is 6.12. The van der Waals surface area contributed by atoms with E-state index in [9.17, 15) is 15.8 Å². The first-order valence-corrected chi connectivity index (χ1v) is 16.3. The van der Waals surface area contributed by atoms with E-state index in [2.05, 4.69) is 100 Å². The highest BCUT2D eigenvalue weighted by Crippen LogP contribution is 2.39. The van der Waals surface area contributed by atoms with Crippen molar-refractivity contribution in [2.24, 2.45) is 0 Å². The van der Waals surface area contributed by atoms with Crippen LogP contribution in [-0.2, 0) is 0 Å². The summed E-state index contributed by atoms with van der Waals surface area (Å²) in [6, 6.07) is 57.9. The number of para-hydroxylation sites is 2. The highest BCUT2D eigenvalue weighted by atomic mass is 15.0. The summed E-state index contributed by atoms with van der Waals surface area (Å²) in [6.45, 7) is 0. The molecule has 2 aromatic heterocycles. The molecule has 50 heavy (non-hydrogen) atoms. The van der Waals surface area contributed by atoms with Gasteiger partial charge in [0.1, 0.15) is 0 Å². The molecule has 0 N–H and O–H groups in total. The fourth-order valence-electron chi connectivity index (χ4n) is 7.37. The minimum Gasteiger partial charge on any atom is -0.309 e. The Bertz CT molecular complexity index is 2940. The molecule has 0 amide bonds. The Morgan fingerprint density at radius 1 is 0.400 bits per heavy atom. The topological polar surface area (TPSA) is 81.2 Å². The molecule has 9 aromatic rings. The van der Waals surface area contributed by atoms with Gasteiger partial charge in [0.25, 0.3) is 0 Å². The van der Waals surface area contributed by atoms with Gasteiger partial charge in [0.2, 0.25) is 0 Å². The molecule has 0 saturated heterocycles. The molecule has 230 valence electrons. The molecule has 0 fully saturated rings. The average molecular weight is 636 g/mol. The van der Waals surface area contributed by atoms with Crippen molar-refractivity contribution in [1.29, 1.82) is 15.8 Å². The van der Waals surface area contributed by atoms with E-state index >= 15 is 0 Å². The molecule has 9 rings (SSSR count). The lowest BCUT2D eigenvalue weighted by molar-refractivity contribution is 1.18. The van der Waals surface area contributed by atoms with E-state index in [1.165, 1.54) is 0 Å². The second-order valence-corrected chi connectivity index (χ2v) is 12.3. The Morgan fingerprint density at radius 3 is 1.70 bits per heavy atom. The molecule has 2 heterocycles. The summed E-state index contributed by atoms with van der Waals surface area (Å²) in [5.74, 6) is 0. The van der Waals surface area contributed by atoms with Gasteiger partial charge in [0.15, 0.2) is 0 Å². The minimum absolute atomic E-state index is 0.579. The molecule has 0 atom stereocenters. The van der Waals surface area contributed by atoms with Gasteiger partial charge < -0.3 is 9.13 Å². The van der Waals surface area contributed by atoms with Gasteiger partial charge in [-0.1, -0.05) is 78.9 Å². The third kappa shape index (κ3) is 4.38. The number of hydrogen-bond acceptors (Lipinski definition) is 3. The van der Waals surface area contributed by atoms with Crippen molar-refractivity contribution in [2.45, 2.75) is 0 Å². The first-order chi connectivity index (χ1) is 24.7. The summed E-state index contributed by atoms with van der Waals surface area (Å²) in [4.78, 5) is 0. The van der Waals surface area contributed by atoms with Crippen LogP contribution in [0.4, 0.5) is 0 Å². The average Bonchev–Trinajstić information content (AvgIpc) is 3.70. The zero-order valence-corrected chi connectivity index (χ0v) is 26.7. The van der Waals surface area contributed by atoms with E-state index in [0.29, 0.717) is 16.7 Å². The molecule has 0 bridgehead atoms. The van der Waals surface area contributed by atoms with Crippen LogP contribution in [0.3, 0.4) is 0 Å². The summed E-state index contributed by atoms with van der Waals surface area (Å²) in [5.41, 5.74) is 12.0. The largest absolute Gasteiger partial charge is 0.309 e. The Balaban J connectivity index is 1.13. The quantitative estimate of drug-likeness (QED) is 0.193. The number of benzene rings is 7. The van der Waals surface area contributed by atoms with Crippen LogP contribution in [0.5, 0.6) is 0 Å². The molecule has 0 unspecified atom stereocenters. The number of fused-ring (bicyclic) bond motifs is 6. The van der Waals surface area contributed by atoms with Gasteiger partial charge in [-0.3, -0.25) is 0 Å². The number of hydrogen-bond donors (Lipinski definition) is 0. The maximum Gasteiger partial charge on any atom is 0.0998 e. The highest BCUT2D eigenvalue weighted by Gasteiger charge is 2.18. The van der Waals surface area contributed by atoms with Gasteiger partial charge in [-0.15, -0.1) is 0 Å². The SMILES string of the molecule is N#Cc1ccc(-n2c3ccccc3c3c(C#N)cccc32)c(-c2ccc(-c3ccc(-n4c5ccccc5c5cc(C#N)ccc54)cc3)cc2)c1. The summed E-state index contributed by atoms with van der Waals surface area (Å²) in [7, 11) is 0. The number of nitrogens with zero attached hydrogens (tertiary/aromatic N) is 5. The number of rotatable bonds is 4. The van der Waals surface area contributed by atoms with Crippen molar-refractivity contribution in [3.8, 4) is 51.8 Å². The van der Waals surface area contributed by atoms with Crippen LogP contribution in [0.15, 0.2) is 152 Å². The first kappa shape index (κ1) is 28.8. The van der Waals surface area contributed by atoms with Crippen LogP contribution >= 0.6 is 0 Å². The summed E-state index contributed by atoms with van der Waals surface area (Å²) >= 11 is 0. The lowest BCUT2D eigenvalue weighted by Crippen LogP contribution is -1.98. The first-order valence-electron chi connectivity index (χ1n) is 16.3. The van der Waals surface area contributed by atoms with Gasteiger partial charge in [-0.2, -0.15) is 15.8 Å². The van der Waals surface area contributed by atoms with Crippen LogP contribution in [0.25, 0.3) is 77.2 Å².